The third kappa shape index (κ3) is 5.54. The molecule has 144 valence electrons. The third-order valence-corrected chi connectivity index (χ3v) is 4.22. The number of nitrogens with zero attached hydrogens (tertiary/aromatic N) is 1. The van der Waals surface area contributed by atoms with E-state index in [4.69, 9.17) is 4.74 Å². The first kappa shape index (κ1) is 19.4. The van der Waals surface area contributed by atoms with Crippen LogP contribution in [0.3, 0.4) is 0 Å². The Morgan fingerprint density at radius 1 is 1.07 bits per heavy atom. The van der Waals surface area contributed by atoms with Crippen molar-refractivity contribution in [3.8, 4) is 5.75 Å². The van der Waals surface area contributed by atoms with Gasteiger partial charge in [-0.15, -0.1) is 0 Å². The van der Waals surface area contributed by atoms with Crippen molar-refractivity contribution in [3.05, 3.63) is 83.8 Å². The van der Waals surface area contributed by atoms with E-state index in [1.807, 2.05) is 30.3 Å². The first-order valence-corrected chi connectivity index (χ1v) is 9.00. The van der Waals surface area contributed by atoms with Crippen molar-refractivity contribution >= 4 is 17.4 Å². The van der Waals surface area contributed by atoms with Gasteiger partial charge in [0.15, 0.2) is 0 Å². The molecule has 0 saturated heterocycles. The van der Waals surface area contributed by atoms with E-state index >= 15 is 0 Å². The molecule has 0 aliphatic heterocycles. The molecule has 0 saturated carbocycles. The first-order chi connectivity index (χ1) is 13.6. The SMILES string of the molecule is COc1ccccc1CCNc1ccc(NC(=O)Cc2ccc(F)cc2)nc1. The van der Waals surface area contributed by atoms with Crippen molar-refractivity contribution in [1.29, 1.82) is 0 Å². The number of hydrogen-bond donors (Lipinski definition) is 2. The number of hydrogen-bond acceptors (Lipinski definition) is 4. The van der Waals surface area contributed by atoms with E-state index in [1.165, 1.54) is 12.1 Å². The monoisotopic (exact) mass is 379 g/mol. The lowest BCUT2D eigenvalue weighted by atomic mass is 10.1. The minimum Gasteiger partial charge on any atom is -0.496 e. The predicted octanol–water partition coefficient (Wildman–Crippen LogP) is 4.07. The molecule has 0 fully saturated rings. The molecule has 3 aromatic rings. The van der Waals surface area contributed by atoms with Crippen LogP contribution in [0.1, 0.15) is 11.1 Å². The maximum absolute atomic E-state index is 12.9. The largest absolute Gasteiger partial charge is 0.496 e. The Morgan fingerprint density at radius 3 is 2.57 bits per heavy atom. The lowest BCUT2D eigenvalue weighted by Crippen LogP contribution is -2.15. The number of amides is 1. The van der Waals surface area contributed by atoms with Crippen LogP contribution in [-0.4, -0.2) is 24.5 Å². The molecule has 28 heavy (non-hydrogen) atoms. The minimum absolute atomic E-state index is 0.168. The molecule has 1 aromatic heterocycles. The van der Waals surface area contributed by atoms with Crippen LogP contribution in [0.15, 0.2) is 66.9 Å². The normalized spacial score (nSPS) is 10.4. The Balaban J connectivity index is 1.47. The number of nitrogens with one attached hydrogen (secondary N) is 2. The fraction of sp³-hybridized carbons (Fsp3) is 0.182. The number of benzene rings is 2. The van der Waals surface area contributed by atoms with Gasteiger partial charge in [0.25, 0.3) is 0 Å². The second kappa shape index (κ2) is 9.50. The van der Waals surface area contributed by atoms with Gasteiger partial charge in [-0.25, -0.2) is 9.37 Å². The molecule has 1 amide bonds. The maximum Gasteiger partial charge on any atom is 0.229 e. The standard InChI is InChI=1S/C22H22FN3O2/c1-28-20-5-3-2-4-17(20)12-13-24-19-10-11-21(25-15-19)26-22(27)14-16-6-8-18(23)9-7-16/h2-11,15,24H,12-14H2,1H3,(H,25,26,27). The molecule has 0 spiro atoms. The predicted molar refractivity (Wildman–Crippen MR) is 108 cm³/mol. The fourth-order valence-corrected chi connectivity index (χ4v) is 2.80. The summed E-state index contributed by atoms with van der Waals surface area (Å²) in [6.45, 7) is 0.734. The van der Waals surface area contributed by atoms with Gasteiger partial charge in [0.2, 0.25) is 5.91 Å². The molecule has 0 radical (unpaired) electrons. The van der Waals surface area contributed by atoms with Gasteiger partial charge >= 0.3 is 0 Å². The van der Waals surface area contributed by atoms with Crippen LogP contribution in [0.5, 0.6) is 5.75 Å². The summed E-state index contributed by atoms with van der Waals surface area (Å²) in [7, 11) is 1.67. The van der Waals surface area contributed by atoms with Gasteiger partial charge in [0.1, 0.15) is 17.4 Å². The van der Waals surface area contributed by atoms with Crippen molar-refractivity contribution in [2.24, 2.45) is 0 Å². The topological polar surface area (TPSA) is 63.2 Å². The number of aromatic nitrogens is 1. The number of pyridine rings is 1. The molecule has 0 atom stereocenters. The van der Waals surface area contributed by atoms with Gasteiger partial charge in [0, 0.05) is 6.54 Å². The Hall–Kier alpha value is -3.41. The smallest absolute Gasteiger partial charge is 0.229 e. The maximum atomic E-state index is 12.9. The second-order valence-electron chi connectivity index (χ2n) is 6.27. The molecular formula is C22H22FN3O2. The number of methoxy groups -OCH3 is 1. The number of anilines is 2. The van der Waals surface area contributed by atoms with Crippen LogP contribution in [0, 0.1) is 5.82 Å². The lowest BCUT2D eigenvalue weighted by Gasteiger charge is -2.10. The summed E-state index contributed by atoms with van der Waals surface area (Å²) in [6.07, 6.45) is 2.66. The molecule has 0 unspecified atom stereocenters. The highest BCUT2D eigenvalue weighted by atomic mass is 19.1. The van der Waals surface area contributed by atoms with E-state index in [9.17, 15) is 9.18 Å². The van der Waals surface area contributed by atoms with Gasteiger partial charge in [0.05, 0.1) is 25.4 Å². The van der Waals surface area contributed by atoms with Crippen LogP contribution in [-0.2, 0) is 17.6 Å². The van der Waals surface area contributed by atoms with Gasteiger partial charge < -0.3 is 15.4 Å². The summed E-state index contributed by atoms with van der Waals surface area (Å²) in [5, 5.41) is 6.04. The van der Waals surface area contributed by atoms with Crippen molar-refractivity contribution < 1.29 is 13.9 Å². The van der Waals surface area contributed by atoms with Crippen molar-refractivity contribution in [1.82, 2.24) is 4.98 Å². The highest BCUT2D eigenvalue weighted by molar-refractivity contribution is 5.91. The van der Waals surface area contributed by atoms with Crippen molar-refractivity contribution in [2.45, 2.75) is 12.8 Å². The number of carbonyl (C=O) groups is 1. The van der Waals surface area contributed by atoms with E-state index in [1.54, 1.807) is 31.5 Å². The summed E-state index contributed by atoms with van der Waals surface area (Å²) < 4.78 is 18.3. The van der Waals surface area contributed by atoms with E-state index in [-0.39, 0.29) is 18.1 Å². The average molecular weight is 379 g/mol. The van der Waals surface area contributed by atoms with Crippen LogP contribution in [0.25, 0.3) is 0 Å². The van der Waals surface area contributed by atoms with Gasteiger partial charge in [-0.2, -0.15) is 0 Å². The number of ether oxygens (including phenoxy) is 1. The first-order valence-electron chi connectivity index (χ1n) is 9.00. The van der Waals surface area contributed by atoms with Crippen LogP contribution < -0.4 is 15.4 Å². The number of para-hydroxylation sites is 1. The van der Waals surface area contributed by atoms with E-state index in [2.05, 4.69) is 15.6 Å². The summed E-state index contributed by atoms with van der Waals surface area (Å²) in [6, 6.07) is 17.4. The Bertz CT molecular complexity index is 912. The quantitative estimate of drug-likeness (QED) is 0.619. The fourth-order valence-electron chi connectivity index (χ4n) is 2.80. The molecule has 2 N–H and O–H groups in total. The van der Waals surface area contributed by atoms with E-state index < -0.39 is 0 Å². The van der Waals surface area contributed by atoms with E-state index in [0.717, 1.165) is 35.5 Å². The minimum atomic E-state index is -0.320. The molecule has 1 heterocycles. The third-order valence-electron chi connectivity index (χ3n) is 4.22. The molecule has 3 rings (SSSR count). The molecule has 0 aliphatic rings. The van der Waals surface area contributed by atoms with E-state index in [0.29, 0.717) is 5.82 Å². The Labute approximate surface area is 163 Å². The summed E-state index contributed by atoms with van der Waals surface area (Å²) in [4.78, 5) is 16.3. The molecule has 5 nitrogen and oxygen atoms in total. The van der Waals surface area contributed by atoms with Crippen molar-refractivity contribution in [3.63, 3.8) is 0 Å². The van der Waals surface area contributed by atoms with Gasteiger partial charge in [-0.3, -0.25) is 4.79 Å². The molecule has 6 heteroatoms. The highest BCUT2D eigenvalue weighted by Crippen LogP contribution is 2.18. The van der Waals surface area contributed by atoms with Crippen LogP contribution >= 0.6 is 0 Å². The van der Waals surface area contributed by atoms with Crippen LogP contribution in [0.4, 0.5) is 15.9 Å². The molecule has 0 aliphatic carbocycles. The van der Waals surface area contributed by atoms with Crippen LogP contribution in [0.2, 0.25) is 0 Å². The second-order valence-corrected chi connectivity index (χ2v) is 6.27. The lowest BCUT2D eigenvalue weighted by molar-refractivity contribution is -0.115. The number of carbonyl (C=O) groups excluding carboxylic acids is 1. The zero-order valence-electron chi connectivity index (χ0n) is 15.6. The average Bonchev–Trinajstić information content (AvgIpc) is 2.71. The molecule has 0 bridgehead atoms. The Morgan fingerprint density at radius 2 is 1.86 bits per heavy atom. The Kier molecular flexibility index (Phi) is 6.57. The number of halogens is 1. The molecule has 2 aromatic carbocycles. The van der Waals surface area contributed by atoms with Crippen molar-refractivity contribution in [2.75, 3.05) is 24.3 Å². The molecular weight excluding hydrogens is 357 g/mol. The summed E-state index contributed by atoms with van der Waals surface area (Å²) in [5.74, 6) is 0.833. The van der Waals surface area contributed by atoms with Gasteiger partial charge in [-0.1, -0.05) is 30.3 Å². The van der Waals surface area contributed by atoms with Gasteiger partial charge in [-0.05, 0) is 47.9 Å². The summed E-state index contributed by atoms with van der Waals surface area (Å²) >= 11 is 0. The highest BCUT2D eigenvalue weighted by Gasteiger charge is 2.06. The summed E-state index contributed by atoms with van der Waals surface area (Å²) in [5.41, 5.74) is 2.75. The zero-order chi connectivity index (χ0) is 19.8. The zero-order valence-corrected chi connectivity index (χ0v) is 15.6. The number of rotatable bonds is 8.